The first-order chi connectivity index (χ1) is 57.9. The summed E-state index contributed by atoms with van der Waals surface area (Å²) in [6.07, 6.45) is 1.64. The van der Waals surface area contributed by atoms with Crippen LogP contribution in [0, 0.1) is 13.8 Å². The van der Waals surface area contributed by atoms with Gasteiger partial charge in [-0.2, -0.15) is 0 Å². The Morgan fingerprint density at radius 2 is 0.389 bits per heavy atom. The molecule has 126 heavy (non-hydrogen) atoms. The Bertz CT molecular complexity index is 4640. The first-order valence-electron chi connectivity index (χ1n) is 39.2. The summed E-state index contributed by atoms with van der Waals surface area (Å²) in [5, 5.41) is 19.9. The van der Waals surface area contributed by atoms with Crippen LogP contribution in [0.1, 0.15) is 263 Å². The van der Waals surface area contributed by atoms with Gasteiger partial charge in [0.15, 0.2) is 52.9 Å². The largest absolute Gasteiger partial charge is 0.508 e. The number of phenolic OH excluding ortho intramolecular Hbond substituents is 2. The van der Waals surface area contributed by atoms with E-state index in [9.17, 15) is 96.5 Å². The lowest BCUT2D eigenvalue weighted by Crippen LogP contribution is -2.36. The van der Waals surface area contributed by atoms with Crippen LogP contribution < -0.4 is 9.47 Å². The van der Waals surface area contributed by atoms with Crippen LogP contribution in [-0.2, 0) is 133 Å². The molecule has 0 spiro atoms. The second-order valence-electron chi connectivity index (χ2n) is 33.7. The van der Waals surface area contributed by atoms with Crippen molar-refractivity contribution in [3.05, 3.63) is 117 Å². The summed E-state index contributed by atoms with van der Waals surface area (Å²) in [6, 6.07) is 14.7. The van der Waals surface area contributed by atoms with Gasteiger partial charge in [0.25, 0.3) is 0 Å². The number of benzene rings is 4. The smallest absolute Gasteiger partial charge is 0.344 e. The minimum atomic E-state index is -1.16. The SMILES string of the molecule is CC(=O)OCC(=O)OC(C)(C)CCC(C)(C)OC(=O)COC(=O)c1cc(O)cc(C(=O)OCC(=O)OC(C)(C)CCC(C)(C)OC(=O)COC(=O)c2cc(C)cc(O)c2)c1.CC(=O)OCC(=O)OC(C)(C)CCC(C)(C)OC(=O)COC(=O)c1cc(OC(C)=O)cc(C(=O)OCC(=O)OC(C)(C)CCC(C)(C)OC(=O)COC(=O)c2cc(C)cc(OC(C)=O)c2)c1. The molecule has 0 fully saturated rings. The molecule has 0 aliphatic heterocycles. The number of aromatic hydroxyl groups is 2. The van der Waals surface area contributed by atoms with E-state index in [2.05, 4.69) is 9.47 Å². The van der Waals surface area contributed by atoms with E-state index in [-0.39, 0.29) is 102 Å². The van der Waals surface area contributed by atoms with Crippen molar-refractivity contribution in [3.63, 3.8) is 0 Å². The van der Waals surface area contributed by atoms with E-state index in [1.807, 2.05) is 0 Å². The Hall–Kier alpha value is -13.1. The number of ether oxygens (including phenoxy) is 18. The normalized spacial score (nSPS) is 11.6. The minimum absolute atomic E-state index is 0.0593. The molecule has 4 aromatic carbocycles. The zero-order chi connectivity index (χ0) is 95.8. The summed E-state index contributed by atoms with van der Waals surface area (Å²) in [7, 11) is 0. The highest BCUT2D eigenvalue weighted by atomic mass is 16.6. The third kappa shape index (κ3) is 43.8. The van der Waals surface area contributed by atoms with Crippen LogP contribution in [-0.4, -0.2) is 215 Å². The summed E-state index contributed by atoms with van der Waals surface area (Å²) in [5.41, 5.74) is -8.58. The lowest BCUT2D eigenvalue weighted by molar-refractivity contribution is -0.170. The average molecular weight is 1780 g/mol. The van der Waals surface area contributed by atoms with Crippen LogP contribution in [0.15, 0.2) is 72.8 Å². The van der Waals surface area contributed by atoms with Crippen molar-refractivity contribution >= 4 is 107 Å². The maximum absolute atomic E-state index is 13.1. The van der Waals surface area contributed by atoms with Crippen molar-refractivity contribution in [2.24, 2.45) is 0 Å². The zero-order valence-corrected chi connectivity index (χ0v) is 74.8. The second kappa shape index (κ2) is 47.1. The van der Waals surface area contributed by atoms with E-state index in [1.54, 1.807) is 131 Å². The predicted octanol–water partition coefficient (Wildman–Crippen LogP) is 10.4. The summed E-state index contributed by atoms with van der Waals surface area (Å²) in [6.45, 7) is 27.7. The number of phenols is 2. The first kappa shape index (κ1) is 107. The van der Waals surface area contributed by atoms with Gasteiger partial charge in [-0.1, -0.05) is 0 Å². The number of carbonyl (C=O) groups is 18. The van der Waals surface area contributed by atoms with Gasteiger partial charge in [-0.05, 0) is 260 Å². The molecule has 0 heterocycles. The molecule has 0 saturated heterocycles. The molecule has 4 rings (SSSR count). The molecule has 0 aliphatic carbocycles. The first-order valence-corrected chi connectivity index (χ1v) is 39.2. The molecule has 0 bridgehead atoms. The van der Waals surface area contributed by atoms with Crippen molar-refractivity contribution in [2.45, 2.75) is 248 Å². The summed E-state index contributed by atoms with van der Waals surface area (Å²) in [5.74, 6) is -16.4. The maximum atomic E-state index is 13.1. The Balaban J connectivity index is 0.000000653. The highest BCUT2D eigenvalue weighted by Gasteiger charge is 2.37. The Morgan fingerprint density at radius 3 is 0.587 bits per heavy atom. The quantitative estimate of drug-likeness (QED) is 0.0236. The summed E-state index contributed by atoms with van der Waals surface area (Å²) in [4.78, 5) is 221. The summed E-state index contributed by atoms with van der Waals surface area (Å²) >= 11 is 0. The van der Waals surface area contributed by atoms with Gasteiger partial charge in [-0.25, -0.2) is 67.1 Å². The third-order valence-corrected chi connectivity index (χ3v) is 17.0. The van der Waals surface area contributed by atoms with Crippen LogP contribution in [0.25, 0.3) is 0 Å². The second-order valence-corrected chi connectivity index (χ2v) is 33.7. The molecular formula is C88H112O38. The van der Waals surface area contributed by atoms with Crippen LogP contribution in [0.5, 0.6) is 23.0 Å². The van der Waals surface area contributed by atoms with E-state index < -0.39 is 211 Å². The Kier molecular flexibility index (Phi) is 40.1. The number of hydrogen-bond acceptors (Lipinski definition) is 38. The molecule has 0 radical (unpaired) electrons. The van der Waals surface area contributed by atoms with Gasteiger partial charge in [0.2, 0.25) is 0 Å². The highest BCUT2D eigenvalue weighted by Crippen LogP contribution is 2.32. The van der Waals surface area contributed by atoms with E-state index in [1.165, 1.54) is 37.3 Å². The molecule has 0 aliphatic rings. The van der Waals surface area contributed by atoms with Gasteiger partial charge in [-0.15, -0.1) is 0 Å². The van der Waals surface area contributed by atoms with Crippen LogP contribution in [0.3, 0.4) is 0 Å². The lowest BCUT2D eigenvalue weighted by atomic mass is 9.94. The van der Waals surface area contributed by atoms with E-state index >= 15 is 0 Å². The maximum Gasteiger partial charge on any atom is 0.344 e. The van der Waals surface area contributed by atoms with Gasteiger partial charge in [0.1, 0.15) is 67.8 Å². The fourth-order valence-electron chi connectivity index (χ4n) is 11.0. The topological polar surface area (TPSA) is 514 Å². The monoisotopic (exact) mass is 1780 g/mol. The molecule has 38 nitrogen and oxygen atoms in total. The molecule has 0 unspecified atom stereocenters. The standard InChI is InChI=1S/C46H58O20.C42H54O18/c1-27-17-31(20-34(18-27)61-29(3)48)40(54)58-24-37(51)64-45(9,10)15-16-46(11,12)66-39(53)26-60-42(56)33-19-32(21-35(22-33)62-30(4)49)41(55)59-25-38(52)65-44(7,8)14-13-43(5,6)63-36(50)23-57-28(2)47;1-25-15-27(18-30(44)16-25)36(50)54-22-33(47)58-41(7,8)13-14-42(9,10)60-35(49)24-56-38(52)29-17-28(19-31(45)20-29)37(51)55-23-34(48)59-40(5,6)12-11-39(3,4)57-32(46)21-53-26(2)43/h17-22H,13-16,23-26H2,1-12H3;15-20,44-45H,11-14,21-24H2,1-10H3. The van der Waals surface area contributed by atoms with Gasteiger partial charge in [0, 0.05) is 27.7 Å². The number of esters is 18. The van der Waals surface area contributed by atoms with Gasteiger partial charge >= 0.3 is 107 Å². The molecule has 0 aromatic heterocycles. The molecule has 2 N–H and O–H groups in total. The molecule has 0 atom stereocenters. The zero-order valence-electron chi connectivity index (χ0n) is 74.8. The number of carbonyl (C=O) groups excluding carboxylic acids is 18. The van der Waals surface area contributed by atoms with Gasteiger partial charge in [-0.3, -0.25) is 19.2 Å². The van der Waals surface area contributed by atoms with Crippen molar-refractivity contribution in [2.75, 3.05) is 52.9 Å². The number of rotatable bonds is 44. The van der Waals surface area contributed by atoms with E-state index in [4.69, 9.17) is 75.8 Å². The van der Waals surface area contributed by atoms with Crippen LogP contribution >= 0.6 is 0 Å². The van der Waals surface area contributed by atoms with Crippen molar-refractivity contribution in [1.82, 2.24) is 0 Å². The van der Waals surface area contributed by atoms with Gasteiger partial charge < -0.3 is 95.5 Å². The molecule has 4 aromatic rings. The van der Waals surface area contributed by atoms with Crippen LogP contribution in [0.2, 0.25) is 0 Å². The predicted molar refractivity (Wildman–Crippen MR) is 434 cm³/mol. The van der Waals surface area contributed by atoms with Crippen LogP contribution in [0.4, 0.5) is 0 Å². The Labute approximate surface area is 728 Å². The Morgan fingerprint density at radius 1 is 0.222 bits per heavy atom. The fraction of sp³-hybridized carbons (Fsp3) is 0.523. The molecule has 692 valence electrons. The third-order valence-electron chi connectivity index (χ3n) is 17.0. The summed E-state index contributed by atoms with van der Waals surface area (Å²) < 4.78 is 93.2. The number of aryl methyl sites for hydroxylation is 2. The van der Waals surface area contributed by atoms with Crippen molar-refractivity contribution in [1.29, 1.82) is 0 Å². The number of hydrogen-bond donors (Lipinski definition) is 2. The highest BCUT2D eigenvalue weighted by molar-refractivity contribution is 5.99. The molecule has 0 saturated carbocycles. The van der Waals surface area contributed by atoms with E-state index in [0.29, 0.717) is 11.1 Å². The molecule has 38 heteroatoms. The van der Waals surface area contributed by atoms with Crippen molar-refractivity contribution < 1.29 is 182 Å². The molecular weight excluding hydrogens is 1660 g/mol. The molecule has 0 amide bonds. The lowest BCUT2D eigenvalue weighted by Gasteiger charge is -2.31. The minimum Gasteiger partial charge on any atom is -0.508 e. The average Bonchev–Trinajstić information content (AvgIpc) is 0.818. The fourth-order valence-corrected chi connectivity index (χ4v) is 11.0. The van der Waals surface area contributed by atoms with E-state index in [0.717, 1.165) is 57.2 Å². The van der Waals surface area contributed by atoms with Crippen molar-refractivity contribution in [3.8, 4) is 23.0 Å². The van der Waals surface area contributed by atoms with Gasteiger partial charge in [0.05, 0.1) is 33.4 Å².